The second-order valence-corrected chi connectivity index (χ2v) is 6.16. The molecule has 0 aliphatic carbocycles. The van der Waals surface area contributed by atoms with Crippen molar-refractivity contribution in [2.75, 3.05) is 0 Å². The summed E-state index contributed by atoms with van der Waals surface area (Å²) in [6.07, 6.45) is 8.92. The van der Waals surface area contributed by atoms with Crippen LogP contribution in [0.2, 0.25) is 0 Å². The van der Waals surface area contributed by atoms with Crippen molar-refractivity contribution in [3.05, 3.63) is 60.0 Å². The number of aromatic nitrogens is 5. The summed E-state index contributed by atoms with van der Waals surface area (Å²) in [6.45, 7) is 0. The van der Waals surface area contributed by atoms with E-state index in [9.17, 15) is 19.8 Å². The van der Waals surface area contributed by atoms with E-state index in [1.54, 1.807) is 12.1 Å². The van der Waals surface area contributed by atoms with Gasteiger partial charge in [0, 0.05) is 49.1 Å². The fourth-order valence-electron chi connectivity index (χ4n) is 2.52. The summed E-state index contributed by atoms with van der Waals surface area (Å²) in [4.78, 5) is 46.8. The van der Waals surface area contributed by atoms with E-state index in [-0.39, 0.29) is 72.0 Å². The molecule has 0 saturated carbocycles. The van der Waals surface area contributed by atoms with Crippen molar-refractivity contribution in [3.63, 3.8) is 0 Å². The third-order valence-corrected chi connectivity index (χ3v) is 4.00. The number of rotatable bonds is 10. The van der Waals surface area contributed by atoms with E-state index >= 15 is 0 Å². The van der Waals surface area contributed by atoms with Gasteiger partial charge in [0.05, 0.1) is 48.1 Å². The van der Waals surface area contributed by atoms with Crippen molar-refractivity contribution in [2.24, 2.45) is 9.98 Å². The summed E-state index contributed by atoms with van der Waals surface area (Å²) in [6, 6.07) is 1.17. The first-order valence-corrected chi connectivity index (χ1v) is 8.63. The molecule has 0 amide bonds. The Balaban J connectivity index is 0.00000240. The molecular weight excluding hydrogens is 424 g/mol. The van der Waals surface area contributed by atoms with Gasteiger partial charge in [0.2, 0.25) is 0 Å². The third-order valence-electron chi connectivity index (χ3n) is 4.00. The molecule has 13 heteroatoms. The van der Waals surface area contributed by atoms with Crippen molar-refractivity contribution in [2.45, 2.75) is 24.9 Å². The predicted octanol–water partition coefficient (Wildman–Crippen LogP) is -7.97. The van der Waals surface area contributed by atoms with Crippen molar-refractivity contribution in [1.29, 1.82) is 0 Å². The van der Waals surface area contributed by atoms with Gasteiger partial charge in [0.1, 0.15) is 0 Å². The predicted molar refractivity (Wildman–Crippen MR) is 98.2 cm³/mol. The van der Waals surface area contributed by atoms with Crippen molar-refractivity contribution in [3.8, 4) is 0 Å². The van der Waals surface area contributed by atoms with Gasteiger partial charge >= 0.3 is 59.1 Å². The minimum Gasteiger partial charge on any atom is -0.548 e. The number of carboxylic acids is 2. The second kappa shape index (κ2) is 13.4. The zero-order valence-electron chi connectivity index (χ0n) is 17.1. The Hall–Kier alpha value is -2.02. The Labute approximate surface area is 221 Å². The van der Waals surface area contributed by atoms with Gasteiger partial charge in [-0.2, -0.15) is 0 Å². The first-order valence-electron chi connectivity index (χ1n) is 8.63. The van der Waals surface area contributed by atoms with E-state index < -0.39 is 24.0 Å². The number of carboxylic acid groups (broad SMARTS) is 2. The van der Waals surface area contributed by atoms with Crippen LogP contribution in [0.1, 0.15) is 22.8 Å². The van der Waals surface area contributed by atoms with Gasteiger partial charge in [-0.25, -0.2) is 9.97 Å². The van der Waals surface area contributed by atoms with Gasteiger partial charge in [-0.1, -0.05) is 0 Å². The van der Waals surface area contributed by atoms with Crippen molar-refractivity contribution < 1.29 is 78.9 Å². The number of aromatic amines is 3. The van der Waals surface area contributed by atoms with E-state index in [0.29, 0.717) is 22.8 Å². The summed E-state index contributed by atoms with van der Waals surface area (Å²) in [5.74, 6) is -2.61. The fourth-order valence-corrected chi connectivity index (χ4v) is 2.52. The number of carbonyl (C=O) groups excluding carboxylic acids is 2. The molecule has 0 fully saturated rings. The maximum absolute atomic E-state index is 11.3. The molecular formula is C18H17N7Na2O4. The number of hydrogen-bond acceptors (Lipinski definition) is 8. The maximum Gasteiger partial charge on any atom is 1.00 e. The SMILES string of the molecule is O=C([O-])[C@H](Cc1cnc[nH]1)N=Cc1ccc(C=N[C@@H](Cc2cnc[nH]2)C(=O)[O-])[nH]1.[Na+].[Na+]. The molecule has 0 bridgehead atoms. The first kappa shape index (κ1) is 27.0. The standard InChI is InChI=1S/C18H19N7O4.2Na/c26-17(27)15(3-13-5-19-9-23-13)21-7-11-1-2-12(25-11)8-22-16(18(28)29)4-14-6-20-10-24-14;;/h1-2,5-10,15-16,25H,3-4H2,(H,19,23)(H,20,24)(H,26,27)(H,28,29);;/q;2*+1/p-2/t15-,16-;;/m0../s1. The largest absolute Gasteiger partial charge is 1.00 e. The van der Waals surface area contributed by atoms with Crippen LogP contribution in [-0.2, 0) is 22.4 Å². The normalized spacial score (nSPS) is 12.9. The quantitative estimate of drug-likeness (QED) is 0.208. The monoisotopic (exact) mass is 441 g/mol. The van der Waals surface area contributed by atoms with Crippen LogP contribution in [0.3, 0.4) is 0 Å². The summed E-state index contributed by atoms with van der Waals surface area (Å²) in [7, 11) is 0. The maximum atomic E-state index is 11.3. The van der Waals surface area contributed by atoms with Gasteiger partial charge < -0.3 is 34.8 Å². The van der Waals surface area contributed by atoms with Crippen LogP contribution in [-0.4, -0.2) is 61.4 Å². The zero-order chi connectivity index (χ0) is 20.6. The van der Waals surface area contributed by atoms with Gasteiger partial charge in [0.15, 0.2) is 0 Å². The number of nitrogens with one attached hydrogen (secondary N) is 3. The Morgan fingerprint density at radius 1 is 0.871 bits per heavy atom. The Morgan fingerprint density at radius 2 is 1.29 bits per heavy atom. The molecule has 150 valence electrons. The first-order chi connectivity index (χ1) is 14.0. The van der Waals surface area contributed by atoms with Gasteiger partial charge in [-0.15, -0.1) is 0 Å². The van der Waals surface area contributed by atoms with Crippen LogP contribution in [0.4, 0.5) is 0 Å². The molecule has 3 heterocycles. The average Bonchev–Trinajstić information content (AvgIpc) is 3.45. The summed E-state index contributed by atoms with van der Waals surface area (Å²) < 4.78 is 0. The second-order valence-electron chi connectivity index (χ2n) is 6.16. The minimum atomic E-state index is -1.31. The zero-order valence-corrected chi connectivity index (χ0v) is 21.1. The number of imidazole rings is 2. The molecule has 0 radical (unpaired) electrons. The number of nitrogens with zero attached hydrogens (tertiary/aromatic N) is 4. The smallest absolute Gasteiger partial charge is 0.548 e. The molecule has 0 unspecified atom stereocenters. The average molecular weight is 441 g/mol. The number of hydrogen-bond donors (Lipinski definition) is 3. The van der Waals surface area contributed by atoms with Crippen LogP contribution in [0.15, 0.2) is 47.2 Å². The minimum absolute atomic E-state index is 0. The molecule has 0 aliphatic heterocycles. The van der Waals surface area contributed by atoms with E-state index in [0.717, 1.165) is 0 Å². The summed E-state index contributed by atoms with van der Waals surface area (Å²) in [5, 5.41) is 22.5. The molecule has 3 rings (SSSR count). The topological polar surface area (TPSA) is 178 Å². The summed E-state index contributed by atoms with van der Waals surface area (Å²) >= 11 is 0. The molecule has 0 aliphatic rings. The molecule has 0 aromatic carbocycles. The summed E-state index contributed by atoms with van der Waals surface area (Å²) in [5.41, 5.74) is 2.31. The molecule has 3 aromatic rings. The number of carbonyl (C=O) groups is 2. The molecule has 3 N–H and O–H groups in total. The van der Waals surface area contributed by atoms with Crippen molar-refractivity contribution >= 4 is 24.4 Å². The van der Waals surface area contributed by atoms with E-state index in [2.05, 4.69) is 34.9 Å². The molecule has 3 aromatic heterocycles. The van der Waals surface area contributed by atoms with Crippen LogP contribution < -0.4 is 69.3 Å². The molecule has 0 spiro atoms. The van der Waals surface area contributed by atoms with Crippen molar-refractivity contribution in [1.82, 2.24) is 24.9 Å². The van der Waals surface area contributed by atoms with Gasteiger partial charge in [0.25, 0.3) is 0 Å². The fraction of sp³-hybridized carbons (Fsp3) is 0.222. The molecule has 31 heavy (non-hydrogen) atoms. The Morgan fingerprint density at radius 3 is 1.61 bits per heavy atom. The van der Waals surface area contributed by atoms with E-state index in [4.69, 9.17) is 0 Å². The van der Waals surface area contributed by atoms with Crippen LogP contribution in [0, 0.1) is 0 Å². The van der Waals surface area contributed by atoms with Crippen LogP contribution >= 0.6 is 0 Å². The molecule has 0 saturated heterocycles. The number of aliphatic imine (C=N–C) groups is 2. The van der Waals surface area contributed by atoms with Crippen LogP contribution in [0.25, 0.3) is 0 Å². The van der Waals surface area contributed by atoms with Gasteiger partial charge in [-0.3, -0.25) is 9.98 Å². The Kier molecular flexibility index (Phi) is 11.7. The van der Waals surface area contributed by atoms with E-state index in [1.807, 2.05) is 0 Å². The molecule has 11 nitrogen and oxygen atoms in total. The molecule has 2 atom stereocenters. The Bertz CT molecular complexity index is 921. The third kappa shape index (κ3) is 8.56. The van der Waals surface area contributed by atoms with Crippen LogP contribution in [0.5, 0.6) is 0 Å². The van der Waals surface area contributed by atoms with E-state index in [1.165, 1.54) is 37.5 Å². The van der Waals surface area contributed by atoms with Gasteiger partial charge in [-0.05, 0) is 12.1 Å². The number of H-pyrrole nitrogens is 3. The number of aliphatic carboxylic acids is 2.